The fourth-order valence-corrected chi connectivity index (χ4v) is 5.17. The quantitative estimate of drug-likeness (QED) is 0.834. The Hall–Kier alpha value is -2.15. The zero-order chi connectivity index (χ0) is 16.0. The Kier molecular flexibility index (Phi) is 3.26. The van der Waals surface area contributed by atoms with Gasteiger partial charge in [0, 0.05) is 19.0 Å². The molecule has 2 aliphatic rings. The van der Waals surface area contributed by atoms with Crippen molar-refractivity contribution in [3.63, 3.8) is 0 Å². The third-order valence-corrected chi connectivity index (χ3v) is 6.40. The number of hydrogen-bond acceptors (Lipinski definition) is 4. The monoisotopic (exact) mass is 331 g/mol. The van der Waals surface area contributed by atoms with E-state index in [9.17, 15) is 13.2 Å². The molecule has 7 heteroatoms. The molecule has 1 saturated heterocycles. The first kappa shape index (κ1) is 14.4. The molecule has 1 fully saturated rings. The zero-order valence-electron chi connectivity index (χ0n) is 12.6. The van der Waals surface area contributed by atoms with E-state index in [2.05, 4.69) is 5.10 Å². The minimum absolute atomic E-state index is 0.0216. The third-order valence-electron chi connectivity index (χ3n) is 4.59. The Morgan fingerprint density at radius 3 is 2.78 bits per heavy atom. The van der Waals surface area contributed by atoms with Crippen molar-refractivity contribution in [2.24, 2.45) is 0 Å². The van der Waals surface area contributed by atoms with Gasteiger partial charge in [-0.2, -0.15) is 5.10 Å². The first-order chi connectivity index (χ1) is 11.1. The lowest BCUT2D eigenvalue weighted by Crippen LogP contribution is -2.33. The largest absolute Gasteiger partial charge is 0.270 e. The zero-order valence-corrected chi connectivity index (χ0v) is 13.4. The van der Waals surface area contributed by atoms with E-state index in [0.717, 1.165) is 34.9 Å². The number of rotatable bonds is 2. The molecule has 3 heterocycles. The summed E-state index contributed by atoms with van der Waals surface area (Å²) in [4.78, 5) is 12.8. The van der Waals surface area contributed by atoms with Gasteiger partial charge in [-0.1, -0.05) is 30.3 Å². The van der Waals surface area contributed by atoms with Crippen LogP contribution < -0.4 is 0 Å². The molecule has 1 unspecified atom stereocenters. The molecule has 0 spiro atoms. The average molecular weight is 331 g/mol. The molecule has 0 radical (unpaired) electrons. The van der Waals surface area contributed by atoms with Crippen molar-refractivity contribution >= 4 is 15.9 Å². The SMILES string of the molecule is O=C(c1cnn2c1CCC2)N1CC(c2ccccc2)CS1(=O)=O. The fourth-order valence-electron chi connectivity index (χ4n) is 3.42. The summed E-state index contributed by atoms with van der Waals surface area (Å²) in [7, 11) is -3.58. The molecule has 0 aliphatic carbocycles. The highest BCUT2D eigenvalue weighted by Crippen LogP contribution is 2.30. The molecular formula is C16H17N3O3S. The van der Waals surface area contributed by atoms with Crippen LogP contribution in [0, 0.1) is 0 Å². The highest BCUT2D eigenvalue weighted by molar-refractivity contribution is 7.89. The van der Waals surface area contributed by atoms with E-state index in [4.69, 9.17) is 0 Å². The predicted octanol–water partition coefficient (Wildman–Crippen LogP) is 1.40. The smallest absolute Gasteiger partial charge is 0.269 e. The van der Waals surface area contributed by atoms with Crippen LogP contribution >= 0.6 is 0 Å². The maximum Gasteiger partial charge on any atom is 0.270 e. The molecule has 6 nitrogen and oxygen atoms in total. The lowest BCUT2D eigenvalue weighted by atomic mass is 10.0. The molecule has 4 rings (SSSR count). The molecule has 1 atom stereocenters. The molecular weight excluding hydrogens is 314 g/mol. The number of fused-ring (bicyclic) bond motifs is 1. The van der Waals surface area contributed by atoms with E-state index in [1.165, 1.54) is 6.20 Å². The maximum absolute atomic E-state index is 12.8. The molecule has 23 heavy (non-hydrogen) atoms. The minimum Gasteiger partial charge on any atom is -0.269 e. The summed E-state index contributed by atoms with van der Waals surface area (Å²) >= 11 is 0. The number of aromatic nitrogens is 2. The van der Waals surface area contributed by atoms with E-state index in [1.807, 2.05) is 30.3 Å². The topological polar surface area (TPSA) is 72.3 Å². The number of benzene rings is 1. The number of carbonyl (C=O) groups excluding carboxylic acids is 1. The number of nitrogens with zero attached hydrogens (tertiary/aromatic N) is 3. The van der Waals surface area contributed by atoms with E-state index in [0.29, 0.717) is 5.56 Å². The van der Waals surface area contributed by atoms with Gasteiger partial charge in [-0.15, -0.1) is 0 Å². The van der Waals surface area contributed by atoms with Gasteiger partial charge < -0.3 is 0 Å². The fraction of sp³-hybridized carbons (Fsp3) is 0.375. The second-order valence-corrected chi connectivity index (χ2v) is 7.99. The van der Waals surface area contributed by atoms with Crippen molar-refractivity contribution in [1.29, 1.82) is 0 Å². The summed E-state index contributed by atoms with van der Waals surface area (Å²) in [5.41, 5.74) is 2.24. The van der Waals surface area contributed by atoms with E-state index >= 15 is 0 Å². The van der Waals surface area contributed by atoms with Crippen LogP contribution in [-0.2, 0) is 23.0 Å². The van der Waals surface area contributed by atoms with Crippen LogP contribution in [0.25, 0.3) is 0 Å². The van der Waals surface area contributed by atoms with Gasteiger partial charge in [0.2, 0.25) is 10.0 Å². The lowest BCUT2D eigenvalue weighted by Gasteiger charge is -2.15. The van der Waals surface area contributed by atoms with Crippen LogP contribution in [0.1, 0.15) is 34.0 Å². The van der Waals surface area contributed by atoms with Gasteiger partial charge in [-0.25, -0.2) is 12.7 Å². The Morgan fingerprint density at radius 1 is 1.22 bits per heavy atom. The number of aryl methyl sites for hydroxylation is 1. The molecule has 1 aromatic carbocycles. The molecule has 0 N–H and O–H groups in total. The lowest BCUT2D eigenvalue weighted by molar-refractivity contribution is 0.0866. The van der Waals surface area contributed by atoms with E-state index < -0.39 is 15.9 Å². The van der Waals surface area contributed by atoms with Gasteiger partial charge in [0.05, 0.1) is 23.2 Å². The average Bonchev–Trinajstić information content (AvgIpc) is 3.21. The second kappa shape index (κ2) is 5.19. The van der Waals surface area contributed by atoms with Gasteiger partial charge in [-0.05, 0) is 18.4 Å². The Labute approximate surface area is 134 Å². The van der Waals surface area contributed by atoms with Gasteiger partial charge in [-0.3, -0.25) is 9.48 Å². The summed E-state index contributed by atoms with van der Waals surface area (Å²) in [5, 5.41) is 4.19. The first-order valence-corrected chi connectivity index (χ1v) is 9.31. The molecule has 1 amide bonds. The maximum atomic E-state index is 12.8. The molecule has 2 aromatic rings. The summed E-state index contributed by atoms with van der Waals surface area (Å²) in [6.45, 7) is 0.998. The first-order valence-electron chi connectivity index (χ1n) is 7.70. The highest BCUT2D eigenvalue weighted by atomic mass is 32.2. The second-order valence-electron chi connectivity index (χ2n) is 6.05. The van der Waals surface area contributed by atoms with Crippen molar-refractivity contribution in [2.75, 3.05) is 12.3 Å². The van der Waals surface area contributed by atoms with Crippen LogP contribution in [0.5, 0.6) is 0 Å². The van der Waals surface area contributed by atoms with Crippen LogP contribution in [0.3, 0.4) is 0 Å². The van der Waals surface area contributed by atoms with Crippen LogP contribution in [-0.4, -0.2) is 40.7 Å². The summed E-state index contributed by atoms with van der Waals surface area (Å²) in [6.07, 6.45) is 3.22. The van der Waals surface area contributed by atoms with E-state index in [-0.39, 0.29) is 18.2 Å². The van der Waals surface area contributed by atoms with Gasteiger partial charge >= 0.3 is 0 Å². The molecule has 2 aliphatic heterocycles. The van der Waals surface area contributed by atoms with Gasteiger partial charge in [0.1, 0.15) is 0 Å². The molecule has 1 aromatic heterocycles. The summed E-state index contributed by atoms with van der Waals surface area (Å²) < 4.78 is 27.7. The van der Waals surface area contributed by atoms with Crippen molar-refractivity contribution in [3.05, 3.63) is 53.3 Å². The van der Waals surface area contributed by atoms with Crippen LogP contribution in [0.15, 0.2) is 36.5 Å². The normalized spacial score (nSPS) is 22.3. The van der Waals surface area contributed by atoms with Crippen molar-refractivity contribution < 1.29 is 13.2 Å². The Balaban J connectivity index is 1.64. The highest BCUT2D eigenvalue weighted by Gasteiger charge is 2.41. The Bertz CT molecular complexity index is 858. The number of sulfonamides is 1. The number of carbonyl (C=O) groups is 1. The molecule has 120 valence electrons. The minimum atomic E-state index is -3.58. The van der Waals surface area contributed by atoms with Crippen LogP contribution in [0.4, 0.5) is 0 Å². The predicted molar refractivity (Wildman–Crippen MR) is 84.6 cm³/mol. The standard InChI is InChI=1S/C16H17N3O3S/c20-16(14-9-17-18-8-4-7-15(14)18)19-10-13(11-23(19,21)22)12-5-2-1-3-6-12/h1-3,5-6,9,13H,4,7-8,10-11H2. The third kappa shape index (κ3) is 2.35. The number of amides is 1. The van der Waals surface area contributed by atoms with Crippen molar-refractivity contribution in [3.8, 4) is 0 Å². The number of hydrogen-bond donors (Lipinski definition) is 0. The molecule has 0 saturated carbocycles. The summed E-state index contributed by atoms with van der Waals surface area (Å²) in [5.74, 6) is -0.632. The molecule has 0 bridgehead atoms. The summed E-state index contributed by atoms with van der Waals surface area (Å²) in [6, 6.07) is 9.48. The van der Waals surface area contributed by atoms with Crippen LogP contribution in [0.2, 0.25) is 0 Å². The Morgan fingerprint density at radius 2 is 2.00 bits per heavy atom. The van der Waals surface area contributed by atoms with Crippen molar-refractivity contribution in [1.82, 2.24) is 14.1 Å². The van der Waals surface area contributed by atoms with Gasteiger partial charge in [0.15, 0.2) is 0 Å². The van der Waals surface area contributed by atoms with Gasteiger partial charge in [0.25, 0.3) is 5.91 Å². The van der Waals surface area contributed by atoms with E-state index in [1.54, 1.807) is 4.68 Å². The van der Waals surface area contributed by atoms with Crippen molar-refractivity contribution in [2.45, 2.75) is 25.3 Å².